The van der Waals surface area contributed by atoms with Gasteiger partial charge in [-0.15, -0.1) is 28.3 Å². The Morgan fingerprint density at radius 1 is 1.31 bits per heavy atom. The van der Waals surface area contributed by atoms with E-state index in [9.17, 15) is 8.42 Å². The average Bonchev–Trinajstić information content (AvgIpc) is 2.89. The van der Waals surface area contributed by atoms with Gasteiger partial charge in [-0.05, 0) is 23.6 Å². The molecule has 0 amide bonds. The summed E-state index contributed by atoms with van der Waals surface area (Å²) in [6, 6.07) is 5.02. The number of aromatic nitrogens is 1. The van der Waals surface area contributed by atoms with Crippen LogP contribution in [0.25, 0.3) is 0 Å². The summed E-state index contributed by atoms with van der Waals surface area (Å²) in [5, 5.41) is 2.34. The Balaban J connectivity index is 0.00000128. The van der Waals surface area contributed by atoms with E-state index in [2.05, 4.69) is 15.9 Å². The van der Waals surface area contributed by atoms with E-state index in [4.69, 9.17) is 0 Å². The maximum absolute atomic E-state index is 12.1. The van der Waals surface area contributed by atoms with Gasteiger partial charge in [-0.2, -0.15) is 0 Å². The van der Waals surface area contributed by atoms with Crippen LogP contribution in [0.3, 0.4) is 0 Å². The van der Waals surface area contributed by atoms with Gasteiger partial charge in [-0.25, -0.2) is 12.4 Å². The van der Waals surface area contributed by atoms with Gasteiger partial charge in [0.2, 0.25) is 0 Å². The third kappa shape index (κ3) is 2.42. The predicted molar refractivity (Wildman–Crippen MR) is 74.3 cm³/mol. The Labute approximate surface area is 117 Å². The summed E-state index contributed by atoms with van der Waals surface area (Å²) in [6.45, 7) is 0. The fourth-order valence-electron chi connectivity index (χ4n) is 1.25. The van der Waals surface area contributed by atoms with Crippen molar-refractivity contribution in [2.75, 3.05) is 0 Å². The van der Waals surface area contributed by atoms with Gasteiger partial charge >= 0.3 is 0 Å². The molecule has 88 valence electrons. The van der Waals surface area contributed by atoms with Gasteiger partial charge in [0, 0.05) is 22.6 Å². The van der Waals surface area contributed by atoms with Crippen LogP contribution < -0.4 is 0 Å². The molecule has 0 aliphatic carbocycles. The summed E-state index contributed by atoms with van der Waals surface area (Å²) in [4.78, 5) is 1.20. The van der Waals surface area contributed by atoms with Crippen molar-refractivity contribution in [1.29, 1.82) is 0 Å². The van der Waals surface area contributed by atoms with Crippen molar-refractivity contribution in [1.82, 2.24) is 3.97 Å². The largest absolute Gasteiger partial charge is 0.268 e. The summed E-state index contributed by atoms with van der Waals surface area (Å²) in [5.41, 5.74) is 0. The predicted octanol–water partition coefficient (Wildman–Crippen LogP) is 3.26. The highest BCUT2D eigenvalue weighted by Gasteiger charge is 2.20. The highest BCUT2D eigenvalue weighted by molar-refractivity contribution is 9.08. The molecule has 0 atom stereocenters. The van der Waals surface area contributed by atoms with Crippen LogP contribution in [0.1, 0.15) is 4.88 Å². The van der Waals surface area contributed by atoms with E-state index in [1.54, 1.807) is 23.6 Å². The van der Waals surface area contributed by atoms with E-state index < -0.39 is 10.0 Å². The molecule has 2 aromatic heterocycles. The van der Waals surface area contributed by atoms with E-state index in [1.165, 1.54) is 27.7 Å². The van der Waals surface area contributed by atoms with Gasteiger partial charge in [0.1, 0.15) is 4.90 Å². The minimum atomic E-state index is -3.40. The first-order valence-corrected chi connectivity index (χ1v) is 7.61. The standard InChI is InChI=1S/C9H8BrNO2S2.BrH/c10-7-8-9(3-6-14-8)15(12,13)11-4-1-2-5-11;/h1-6H,7H2;1H. The topological polar surface area (TPSA) is 39.1 Å². The van der Waals surface area contributed by atoms with Crippen LogP contribution in [0.2, 0.25) is 0 Å². The second-order valence-electron chi connectivity index (χ2n) is 2.86. The van der Waals surface area contributed by atoms with E-state index >= 15 is 0 Å². The first kappa shape index (κ1) is 14.0. The van der Waals surface area contributed by atoms with E-state index in [-0.39, 0.29) is 17.0 Å². The van der Waals surface area contributed by atoms with Crippen molar-refractivity contribution in [3.63, 3.8) is 0 Å². The van der Waals surface area contributed by atoms with Crippen LogP contribution in [0.4, 0.5) is 0 Å². The highest BCUT2D eigenvalue weighted by Crippen LogP contribution is 2.25. The fourth-order valence-corrected chi connectivity index (χ4v) is 4.58. The Morgan fingerprint density at radius 3 is 2.50 bits per heavy atom. The third-order valence-electron chi connectivity index (χ3n) is 1.96. The van der Waals surface area contributed by atoms with Gasteiger partial charge in [0.05, 0.1) is 0 Å². The summed E-state index contributed by atoms with van der Waals surface area (Å²) in [6.07, 6.45) is 3.07. The molecule has 0 unspecified atom stereocenters. The van der Waals surface area contributed by atoms with Crippen LogP contribution in [0.5, 0.6) is 0 Å². The zero-order chi connectivity index (χ0) is 10.9. The molecule has 3 nitrogen and oxygen atoms in total. The lowest BCUT2D eigenvalue weighted by Gasteiger charge is -2.04. The van der Waals surface area contributed by atoms with Gasteiger partial charge in [-0.3, -0.25) is 0 Å². The monoisotopic (exact) mass is 385 g/mol. The van der Waals surface area contributed by atoms with Crippen LogP contribution in [0, 0.1) is 0 Å². The van der Waals surface area contributed by atoms with Crippen LogP contribution in [0.15, 0.2) is 40.9 Å². The number of thiophene rings is 1. The molecule has 0 spiro atoms. The van der Waals surface area contributed by atoms with Crippen LogP contribution >= 0.6 is 44.2 Å². The number of rotatable bonds is 3. The lowest BCUT2D eigenvalue weighted by atomic mass is 10.5. The van der Waals surface area contributed by atoms with E-state index in [0.29, 0.717) is 10.2 Å². The van der Waals surface area contributed by atoms with Crippen molar-refractivity contribution in [3.05, 3.63) is 40.8 Å². The summed E-state index contributed by atoms with van der Waals surface area (Å²) >= 11 is 4.71. The lowest BCUT2D eigenvalue weighted by Crippen LogP contribution is -2.11. The molecule has 2 heterocycles. The van der Waals surface area contributed by atoms with Crippen molar-refractivity contribution in [2.45, 2.75) is 10.2 Å². The first-order valence-electron chi connectivity index (χ1n) is 4.17. The molecule has 2 rings (SSSR count). The first-order chi connectivity index (χ1) is 7.16. The Morgan fingerprint density at radius 2 is 1.94 bits per heavy atom. The SMILES string of the molecule is Br.O=S(=O)(c1ccsc1CBr)n1cccc1. The quantitative estimate of drug-likeness (QED) is 0.759. The molecule has 0 N–H and O–H groups in total. The maximum Gasteiger partial charge on any atom is 0.268 e. The molecule has 0 aliphatic rings. The lowest BCUT2D eigenvalue weighted by molar-refractivity contribution is 0.587. The van der Waals surface area contributed by atoms with Gasteiger partial charge in [-0.1, -0.05) is 15.9 Å². The number of halogens is 2. The molecule has 0 bridgehead atoms. The van der Waals surface area contributed by atoms with Crippen LogP contribution in [-0.4, -0.2) is 12.4 Å². The maximum atomic E-state index is 12.1. The second kappa shape index (κ2) is 5.48. The van der Waals surface area contributed by atoms with E-state index in [0.717, 1.165) is 4.88 Å². The van der Waals surface area contributed by atoms with Gasteiger partial charge < -0.3 is 0 Å². The van der Waals surface area contributed by atoms with Crippen LogP contribution in [-0.2, 0) is 15.4 Å². The summed E-state index contributed by atoms with van der Waals surface area (Å²) in [7, 11) is -3.40. The van der Waals surface area contributed by atoms with Crippen molar-refractivity contribution >= 4 is 54.3 Å². The van der Waals surface area contributed by atoms with E-state index in [1.807, 2.05) is 0 Å². The molecule has 2 aromatic rings. The molecule has 7 heteroatoms. The molecule has 0 saturated heterocycles. The smallest absolute Gasteiger partial charge is 0.249 e. The minimum Gasteiger partial charge on any atom is -0.249 e. The minimum absolute atomic E-state index is 0. The van der Waals surface area contributed by atoms with Crippen molar-refractivity contribution < 1.29 is 8.42 Å². The fraction of sp³-hybridized carbons (Fsp3) is 0.111. The zero-order valence-corrected chi connectivity index (χ0v) is 13.0. The number of hydrogen-bond donors (Lipinski definition) is 0. The Hall–Kier alpha value is -0.110. The summed E-state index contributed by atoms with van der Waals surface area (Å²) < 4.78 is 25.4. The normalized spacial score (nSPS) is 11.1. The molecule has 16 heavy (non-hydrogen) atoms. The number of hydrogen-bond acceptors (Lipinski definition) is 3. The molecular weight excluding hydrogens is 378 g/mol. The third-order valence-corrected chi connectivity index (χ3v) is 5.68. The molecule has 0 saturated carbocycles. The molecule has 0 aromatic carbocycles. The van der Waals surface area contributed by atoms with Crippen molar-refractivity contribution in [3.8, 4) is 0 Å². The summed E-state index contributed by atoms with van der Waals surface area (Å²) in [5.74, 6) is 0. The number of alkyl halides is 1. The highest BCUT2D eigenvalue weighted by atomic mass is 79.9. The van der Waals surface area contributed by atoms with Gasteiger partial charge in [0.25, 0.3) is 10.0 Å². The molecule has 0 fully saturated rings. The van der Waals surface area contributed by atoms with Gasteiger partial charge in [0.15, 0.2) is 0 Å². The Bertz CT molecular complexity index is 546. The molecular formula is C9H9Br2NO2S2. The second-order valence-corrected chi connectivity index (χ2v) is 6.23. The average molecular weight is 387 g/mol. The number of nitrogens with zero attached hydrogens (tertiary/aromatic N) is 1. The molecule has 0 radical (unpaired) electrons. The van der Waals surface area contributed by atoms with Crippen molar-refractivity contribution in [2.24, 2.45) is 0 Å². The zero-order valence-electron chi connectivity index (χ0n) is 8.04. The Kier molecular flexibility index (Phi) is 4.78. The molecule has 0 aliphatic heterocycles.